The molecule has 0 radical (unpaired) electrons. The maximum absolute atomic E-state index is 11.8. The van der Waals surface area contributed by atoms with Crippen molar-refractivity contribution in [2.24, 2.45) is 5.73 Å². The van der Waals surface area contributed by atoms with Gasteiger partial charge in [-0.05, 0) is 12.8 Å². The molecule has 7 heteroatoms. The first-order chi connectivity index (χ1) is 6.10. The van der Waals surface area contributed by atoms with Crippen LogP contribution in [0.3, 0.4) is 0 Å². The summed E-state index contributed by atoms with van der Waals surface area (Å²) in [6.45, 7) is 0. The standard InChI is InChI=1S/C7H14F3NO2S/c1-14(12,13)4-2-3-6(11)5-7(8,9)10/h6H,2-5,11H2,1H3. The first-order valence-corrected chi connectivity index (χ1v) is 6.16. The van der Waals surface area contributed by atoms with Crippen LogP contribution in [-0.4, -0.2) is 32.6 Å². The summed E-state index contributed by atoms with van der Waals surface area (Å²) in [7, 11) is -3.10. The Kier molecular flexibility index (Phi) is 4.87. The molecular weight excluding hydrogens is 219 g/mol. The molecule has 2 N–H and O–H groups in total. The van der Waals surface area contributed by atoms with E-state index in [1.165, 1.54) is 0 Å². The van der Waals surface area contributed by atoms with Crippen LogP contribution in [0.1, 0.15) is 19.3 Å². The fourth-order valence-electron chi connectivity index (χ4n) is 1.01. The molecule has 86 valence electrons. The van der Waals surface area contributed by atoms with E-state index < -0.39 is 28.5 Å². The molecule has 0 heterocycles. The summed E-state index contributed by atoms with van der Waals surface area (Å²) in [5, 5.41) is 0. The molecule has 0 fully saturated rings. The van der Waals surface area contributed by atoms with Crippen LogP contribution in [0.5, 0.6) is 0 Å². The van der Waals surface area contributed by atoms with Gasteiger partial charge in [0.15, 0.2) is 0 Å². The highest BCUT2D eigenvalue weighted by atomic mass is 32.2. The largest absolute Gasteiger partial charge is 0.390 e. The summed E-state index contributed by atoms with van der Waals surface area (Å²) in [5.41, 5.74) is 5.17. The minimum absolute atomic E-state index is 0.0760. The SMILES string of the molecule is CS(=O)(=O)CCCC(N)CC(F)(F)F. The first kappa shape index (κ1) is 13.7. The van der Waals surface area contributed by atoms with Crippen LogP contribution in [-0.2, 0) is 9.84 Å². The molecule has 0 amide bonds. The average Bonchev–Trinajstić information content (AvgIpc) is 1.78. The van der Waals surface area contributed by atoms with Crippen molar-refractivity contribution in [1.29, 1.82) is 0 Å². The predicted octanol–water partition coefficient (Wildman–Crippen LogP) is 1.09. The lowest BCUT2D eigenvalue weighted by atomic mass is 10.1. The van der Waals surface area contributed by atoms with E-state index in [0.717, 1.165) is 6.26 Å². The van der Waals surface area contributed by atoms with E-state index in [9.17, 15) is 21.6 Å². The van der Waals surface area contributed by atoms with Crippen molar-refractivity contribution in [2.45, 2.75) is 31.5 Å². The van der Waals surface area contributed by atoms with Crippen molar-refractivity contribution in [1.82, 2.24) is 0 Å². The molecule has 14 heavy (non-hydrogen) atoms. The summed E-state index contributed by atoms with van der Waals surface area (Å²) in [5.74, 6) is -0.113. The second-order valence-corrected chi connectivity index (χ2v) is 5.61. The van der Waals surface area contributed by atoms with Gasteiger partial charge in [0, 0.05) is 18.1 Å². The van der Waals surface area contributed by atoms with Crippen molar-refractivity contribution in [3.05, 3.63) is 0 Å². The van der Waals surface area contributed by atoms with Crippen molar-refractivity contribution in [2.75, 3.05) is 12.0 Å². The second kappa shape index (κ2) is 4.97. The fourth-order valence-corrected chi connectivity index (χ4v) is 1.70. The lowest BCUT2D eigenvalue weighted by molar-refractivity contribution is -0.138. The van der Waals surface area contributed by atoms with Gasteiger partial charge in [-0.3, -0.25) is 0 Å². The molecule has 0 saturated heterocycles. The highest BCUT2D eigenvalue weighted by molar-refractivity contribution is 7.90. The Morgan fingerprint density at radius 3 is 2.21 bits per heavy atom. The van der Waals surface area contributed by atoms with Crippen LogP contribution < -0.4 is 5.73 Å². The van der Waals surface area contributed by atoms with Crippen molar-refractivity contribution in [3.8, 4) is 0 Å². The number of sulfone groups is 1. The topological polar surface area (TPSA) is 60.2 Å². The third kappa shape index (κ3) is 9.79. The lowest BCUT2D eigenvalue weighted by Crippen LogP contribution is -2.28. The van der Waals surface area contributed by atoms with Crippen molar-refractivity contribution >= 4 is 9.84 Å². The van der Waals surface area contributed by atoms with E-state index in [1.54, 1.807) is 0 Å². The zero-order chi connectivity index (χ0) is 11.4. The number of halogens is 3. The Labute approximate surface area is 81.4 Å². The van der Waals surface area contributed by atoms with E-state index in [0.29, 0.717) is 0 Å². The minimum atomic E-state index is -4.27. The molecule has 0 rings (SSSR count). The zero-order valence-electron chi connectivity index (χ0n) is 7.84. The lowest BCUT2D eigenvalue weighted by Gasteiger charge is -2.13. The normalized spacial score (nSPS) is 15.5. The van der Waals surface area contributed by atoms with Gasteiger partial charge in [-0.25, -0.2) is 8.42 Å². The first-order valence-electron chi connectivity index (χ1n) is 4.10. The highest BCUT2D eigenvalue weighted by Crippen LogP contribution is 2.22. The van der Waals surface area contributed by atoms with Gasteiger partial charge in [-0.1, -0.05) is 0 Å². The van der Waals surface area contributed by atoms with Gasteiger partial charge in [-0.2, -0.15) is 13.2 Å². The molecule has 3 nitrogen and oxygen atoms in total. The molecule has 0 saturated carbocycles. The van der Waals surface area contributed by atoms with Crippen LogP contribution in [0.2, 0.25) is 0 Å². The molecule has 0 bridgehead atoms. The van der Waals surface area contributed by atoms with Gasteiger partial charge in [0.1, 0.15) is 9.84 Å². The molecular formula is C7H14F3NO2S. The predicted molar refractivity (Wildman–Crippen MR) is 47.6 cm³/mol. The average molecular weight is 233 g/mol. The summed E-state index contributed by atoms with van der Waals surface area (Å²) in [6, 6.07) is -1.00. The molecule has 0 aromatic carbocycles. The molecule has 0 aliphatic rings. The third-order valence-electron chi connectivity index (χ3n) is 1.58. The van der Waals surface area contributed by atoms with Gasteiger partial charge < -0.3 is 5.73 Å². The zero-order valence-corrected chi connectivity index (χ0v) is 8.66. The Balaban J connectivity index is 3.71. The van der Waals surface area contributed by atoms with Crippen LogP contribution in [0.4, 0.5) is 13.2 Å². The molecule has 0 aromatic rings. The van der Waals surface area contributed by atoms with E-state index in [4.69, 9.17) is 5.73 Å². The van der Waals surface area contributed by atoms with Crippen LogP contribution >= 0.6 is 0 Å². The van der Waals surface area contributed by atoms with Gasteiger partial charge >= 0.3 is 6.18 Å². The molecule has 1 atom stereocenters. The summed E-state index contributed by atoms with van der Waals surface area (Å²) in [4.78, 5) is 0. The van der Waals surface area contributed by atoms with Crippen molar-refractivity contribution in [3.63, 3.8) is 0 Å². The van der Waals surface area contributed by atoms with E-state index in [2.05, 4.69) is 0 Å². The smallest absolute Gasteiger partial charge is 0.327 e. The van der Waals surface area contributed by atoms with Crippen molar-refractivity contribution < 1.29 is 21.6 Å². The second-order valence-electron chi connectivity index (χ2n) is 3.35. The molecule has 1 unspecified atom stereocenters. The maximum Gasteiger partial charge on any atom is 0.390 e. The molecule has 0 aliphatic heterocycles. The summed E-state index contributed by atoms with van der Waals surface area (Å²) < 4.78 is 56.6. The third-order valence-corrected chi connectivity index (χ3v) is 2.61. The molecule has 0 aromatic heterocycles. The summed E-state index contributed by atoms with van der Waals surface area (Å²) in [6.07, 6.45) is -4.04. The highest BCUT2D eigenvalue weighted by Gasteiger charge is 2.29. The quantitative estimate of drug-likeness (QED) is 0.773. The van der Waals surface area contributed by atoms with Gasteiger partial charge in [0.25, 0.3) is 0 Å². The minimum Gasteiger partial charge on any atom is -0.327 e. The van der Waals surface area contributed by atoms with Gasteiger partial charge in [0.2, 0.25) is 0 Å². The Hall–Kier alpha value is -0.300. The Morgan fingerprint density at radius 2 is 1.86 bits per heavy atom. The van der Waals surface area contributed by atoms with E-state index in [1.807, 2.05) is 0 Å². The maximum atomic E-state index is 11.8. The van der Waals surface area contributed by atoms with E-state index in [-0.39, 0.29) is 18.6 Å². The van der Waals surface area contributed by atoms with Crippen LogP contribution in [0.25, 0.3) is 0 Å². The van der Waals surface area contributed by atoms with Gasteiger partial charge in [-0.15, -0.1) is 0 Å². The number of hydrogen-bond donors (Lipinski definition) is 1. The van der Waals surface area contributed by atoms with Gasteiger partial charge in [0.05, 0.1) is 6.42 Å². The van der Waals surface area contributed by atoms with Crippen LogP contribution in [0, 0.1) is 0 Å². The Morgan fingerprint density at radius 1 is 1.36 bits per heavy atom. The fraction of sp³-hybridized carbons (Fsp3) is 1.00. The number of alkyl halides is 3. The number of hydrogen-bond acceptors (Lipinski definition) is 3. The monoisotopic (exact) mass is 233 g/mol. The number of nitrogens with two attached hydrogens (primary N) is 1. The summed E-state index contributed by atoms with van der Waals surface area (Å²) >= 11 is 0. The molecule has 0 aliphatic carbocycles. The van der Waals surface area contributed by atoms with Crippen LogP contribution in [0.15, 0.2) is 0 Å². The Bertz CT molecular complexity index is 261. The van der Waals surface area contributed by atoms with E-state index >= 15 is 0 Å². The number of rotatable bonds is 5. The molecule has 0 spiro atoms.